The molecule has 0 bridgehead atoms. The number of aromatic hydroxyl groups is 1. The van der Waals surface area contributed by atoms with Crippen LogP contribution in [0.25, 0.3) is 0 Å². The van der Waals surface area contributed by atoms with Crippen LogP contribution in [0.2, 0.25) is 5.02 Å². The van der Waals surface area contributed by atoms with Crippen molar-refractivity contribution in [2.24, 2.45) is 0 Å². The number of benzene rings is 1. The van der Waals surface area contributed by atoms with E-state index in [-0.39, 0.29) is 17.0 Å². The minimum Gasteiger partial charge on any atom is -0.508 e. The van der Waals surface area contributed by atoms with E-state index >= 15 is 0 Å². The van der Waals surface area contributed by atoms with Crippen molar-refractivity contribution in [2.75, 3.05) is 13.1 Å². The number of hydrogen-bond acceptors (Lipinski definition) is 2. The van der Waals surface area contributed by atoms with E-state index in [0.29, 0.717) is 23.7 Å². The zero-order valence-corrected chi connectivity index (χ0v) is 10.7. The lowest BCUT2D eigenvalue weighted by atomic mass is 10.1. The molecule has 0 aliphatic carbocycles. The summed E-state index contributed by atoms with van der Waals surface area (Å²) >= 11 is 11.9. The Morgan fingerprint density at radius 2 is 2.00 bits per heavy atom. The van der Waals surface area contributed by atoms with Crippen LogP contribution in [0, 0.1) is 0 Å². The average molecular weight is 274 g/mol. The minimum absolute atomic E-state index is 0.0463. The summed E-state index contributed by atoms with van der Waals surface area (Å²) in [5, 5.41) is 9.89. The first kappa shape index (κ1) is 12.5. The van der Waals surface area contributed by atoms with Crippen LogP contribution in [0.1, 0.15) is 23.2 Å². The Balaban J connectivity index is 2.16. The molecule has 3 nitrogen and oxygen atoms in total. The second-order valence-electron chi connectivity index (χ2n) is 4.13. The van der Waals surface area contributed by atoms with Crippen molar-refractivity contribution >= 4 is 29.1 Å². The molecule has 1 aliphatic rings. The van der Waals surface area contributed by atoms with Crippen molar-refractivity contribution in [3.8, 4) is 5.75 Å². The van der Waals surface area contributed by atoms with Crippen molar-refractivity contribution in [3.05, 3.63) is 28.8 Å². The number of rotatable bonds is 1. The van der Waals surface area contributed by atoms with E-state index in [9.17, 15) is 9.90 Å². The van der Waals surface area contributed by atoms with Gasteiger partial charge in [-0.3, -0.25) is 4.79 Å². The lowest BCUT2D eigenvalue weighted by Gasteiger charge is -2.29. The number of alkyl halides is 1. The van der Waals surface area contributed by atoms with Crippen molar-refractivity contribution in [1.82, 2.24) is 4.90 Å². The highest BCUT2D eigenvalue weighted by Gasteiger charge is 2.23. The number of amides is 1. The highest BCUT2D eigenvalue weighted by molar-refractivity contribution is 6.33. The predicted octanol–water partition coefficient (Wildman–Crippen LogP) is 2.89. The lowest BCUT2D eigenvalue weighted by Crippen LogP contribution is -2.38. The van der Waals surface area contributed by atoms with Gasteiger partial charge in [-0.05, 0) is 31.0 Å². The summed E-state index contributed by atoms with van der Waals surface area (Å²) in [6, 6.07) is 4.39. The van der Waals surface area contributed by atoms with Crippen LogP contribution in [0.3, 0.4) is 0 Å². The number of halogens is 2. The summed E-state index contributed by atoms with van der Waals surface area (Å²) in [6.45, 7) is 1.28. The zero-order chi connectivity index (χ0) is 12.4. The Kier molecular flexibility index (Phi) is 3.79. The Hall–Kier alpha value is -0.930. The van der Waals surface area contributed by atoms with Gasteiger partial charge in [0, 0.05) is 18.5 Å². The van der Waals surface area contributed by atoms with Gasteiger partial charge < -0.3 is 10.0 Å². The summed E-state index contributed by atoms with van der Waals surface area (Å²) < 4.78 is 0. The number of nitrogens with zero attached hydrogens (tertiary/aromatic N) is 1. The molecule has 17 heavy (non-hydrogen) atoms. The second-order valence-corrected chi connectivity index (χ2v) is 5.16. The summed E-state index contributed by atoms with van der Waals surface area (Å²) in [5.74, 6) is -0.0977. The monoisotopic (exact) mass is 273 g/mol. The van der Waals surface area contributed by atoms with E-state index in [1.807, 2.05) is 0 Å². The lowest BCUT2D eigenvalue weighted by molar-refractivity contribution is 0.0726. The summed E-state index contributed by atoms with van der Waals surface area (Å²) in [4.78, 5) is 13.9. The fourth-order valence-electron chi connectivity index (χ4n) is 1.90. The summed E-state index contributed by atoms with van der Waals surface area (Å²) in [6.07, 6.45) is 1.59. The number of carbonyl (C=O) groups is 1. The quantitative estimate of drug-likeness (QED) is 0.800. The molecule has 1 fully saturated rings. The minimum atomic E-state index is -0.144. The van der Waals surface area contributed by atoms with Crippen LogP contribution in [0.15, 0.2) is 18.2 Å². The molecule has 1 aromatic rings. The summed E-state index contributed by atoms with van der Waals surface area (Å²) in [5.41, 5.74) is 0.347. The molecule has 2 rings (SSSR count). The van der Waals surface area contributed by atoms with E-state index in [1.165, 1.54) is 18.2 Å². The molecule has 92 valence electrons. The molecule has 0 atom stereocenters. The maximum absolute atomic E-state index is 12.2. The smallest absolute Gasteiger partial charge is 0.255 e. The number of hydrogen-bond donors (Lipinski definition) is 1. The fraction of sp³-hybridized carbons (Fsp3) is 0.417. The van der Waals surface area contributed by atoms with Gasteiger partial charge in [0.05, 0.1) is 10.6 Å². The first-order valence-corrected chi connectivity index (χ1v) is 6.31. The van der Waals surface area contributed by atoms with E-state index in [1.54, 1.807) is 4.90 Å². The second kappa shape index (κ2) is 5.15. The third kappa shape index (κ3) is 2.85. The van der Waals surface area contributed by atoms with Crippen molar-refractivity contribution in [2.45, 2.75) is 18.2 Å². The third-order valence-corrected chi connectivity index (χ3v) is 3.66. The van der Waals surface area contributed by atoms with Gasteiger partial charge in [0.25, 0.3) is 5.91 Å². The normalized spacial score (nSPS) is 17.2. The molecule has 0 saturated carbocycles. The van der Waals surface area contributed by atoms with Crippen LogP contribution in [-0.4, -0.2) is 34.4 Å². The molecule has 1 heterocycles. The van der Waals surface area contributed by atoms with Gasteiger partial charge in [-0.2, -0.15) is 0 Å². The van der Waals surface area contributed by atoms with E-state index in [2.05, 4.69) is 0 Å². The number of carbonyl (C=O) groups excluding carboxylic acids is 1. The maximum atomic E-state index is 12.2. The molecular weight excluding hydrogens is 261 g/mol. The van der Waals surface area contributed by atoms with Gasteiger partial charge in [0.2, 0.25) is 0 Å². The van der Waals surface area contributed by atoms with E-state index in [0.717, 1.165) is 12.8 Å². The van der Waals surface area contributed by atoms with Crippen LogP contribution in [-0.2, 0) is 0 Å². The van der Waals surface area contributed by atoms with Crippen molar-refractivity contribution in [3.63, 3.8) is 0 Å². The molecular formula is C12H13Cl2NO2. The fourth-order valence-corrected chi connectivity index (χ4v) is 2.29. The van der Waals surface area contributed by atoms with Crippen LogP contribution >= 0.6 is 23.2 Å². The number of piperidine rings is 1. The first-order valence-electron chi connectivity index (χ1n) is 5.50. The van der Waals surface area contributed by atoms with E-state index in [4.69, 9.17) is 23.2 Å². The first-order chi connectivity index (χ1) is 8.08. The molecule has 5 heteroatoms. The highest BCUT2D eigenvalue weighted by Crippen LogP contribution is 2.24. The van der Waals surface area contributed by atoms with Gasteiger partial charge in [-0.25, -0.2) is 0 Å². The van der Waals surface area contributed by atoms with Crippen LogP contribution in [0.5, 0.6) is 5.75 Å². The zero-order valence-electron chi connectivity index (χ0n) is 9.20. The van der Waals surface area contributed by atoms with Gasteiger partial charge >= 0.3 is 0 Å². The molecule has 1 amide bonds. The third-order valence-electron chi connectivity index (χ3n) is 2.89. The molecule has 0 radical (unpaired) electrons. The van der Waals surface area contributed by atoms with Crippen LogP contribution in [0.4, 0.5) is 0 Å². The number of phenolic OH excluding ortho intramolecular Hbond substituents is 1. The molecule has 0 unspecified atom stereocenters. The Bertz CT molecular complexity index is 429. The average Bonchev–Trinajstić information content (AvgIpc) is 2.32. The topological polar surface area (TPSA) is 40.5 Å². The predicted molar refractivity (Wildman–Crippen MR) is 67.9 cm³/mol. The van der Waals surface area contributed by atoms with Crippen LogP contribution < -0.4 is 0 Å². The molecule has 1 saturated heterocycles. The number of phenols is 1. The largest absolute Gasteiger partial charge is 0.508 e. The van der Waals surface area contributed by atoms with Gasteiger partial charge in [-0.1, -0.05) is 11.6 Å². The Morgan fingerprint density at radius 3 is 2.65 bits per heavy atom. The van der Waals surface area contributed by atoms with Crippen molar-refractivity contribution < 1.29 is 9.90 Å². The van der Waals surface area contributed by atoms with Gasteiger partial charge in [0.15, 0.2) is 0 Å². The van der Waals surface area contributed by atoms with Gasteiger partial charge in [0.1, 0.15) is 5.75 Å². The SMILES string of the molecule is O=C(c1cc(O)ccc1Cl)N1CCC(Cl)CC1. The molecule has 1 N–H and O–H groups in total. The molecule has 0 spiro atoms. The summed E-state index contributed by atoms with van der Waals surface area (Å²) in [7, 11) is 0. The number of likely N-dealkylation sites (tertiary alicyclic amines) is 1. The molecule has 0 aromatic heterocycles. The Morgan fingerprint density at radius 1 is 1.35 bits per heavy atom. The maximum Gasteiger partial charge on any atom is 0.255 e. The molecule has 1 aliphatic heterocycles. The molecule has 1 aromatic carbocycles. The Labute approximate surface area is 110 Å². The van der Waals surface area contributed by atoms with E-state index < -0.39 is 0 Å². The highest BCUT2D eigenvalue weighted by atomic mass is 35.5. The van der Waals surface area contributed by atoms with Crippen molar-refractivity contribution in [1.29, 1.82) is 0 Å². The van der Waals surface area contributed by atoms with Gasteiger partial charge in [-0.15, -0.1) is 11.6 Å². The standard InChI is InChI=1S/C12H13Cl2NO2/c13-8-3-5-15(6-4-8)12(17)10-7-9(16)1-2-11(10)14/h1-2,7-8,16H,3-6H2.